The van der Waals surface area contributed by atoms with Crippen molar-refractivity contribution in [3.63, 3.8) is 0 Å². The van der Waals surface area contributed by atoms with E-state index < -0.39 is 0 Å². The van der Waals surface area contributed by atoms with Gasteiger partial charge in [0.25, 0.3) is 0 Å². The summed E-state index contributed by atoms with van der Waals surface area (Å²) < 4.78 is 0. The van der Waals surface area contributed by atoms with Gasteiger partial charge in [-0.2, -0.15) is 0 Å². The van der Waals surface area contributed by atoms with Crippen LogP contribution in [0.1, 0.15) is 38.2 Å². The topological polar surface area (TPSA) is 66.6 Å². The maximum atomic E-state index is 12.8. The lowest BCUT2D eigenvalue weighted by Gasteiger charge is -2.33. The molecule has 3 rings (SSSR count). The maximum Gasteiger partial charge on any atom is 0.225 e. The molecule has 1 atom stereocenters. The minimum Gasteiger partial charge on any atom is -0.343 e. The first kappa shape index (κ1) is 21.7. The number of amides is 2. The third-order valence-corrected chi connectivity index (χ3v) is 6.03. The molecule has 1 aromatic carbocycles. The minimum atomic E-state index is 0. The van der Waals surface area contributed by atoms with Gasteiger partial charge in [0, 0.05) is 38.5 Å². The molecule has 2 heterocycles. The van der Waals surface area contributed by atoms with E-state index in [-0.39, 0.29) is 35.6 Å². The lowest BCUT2D eigenvalue weighted by molar-refractivity contribution is -0.140. The Kier molecular flexibility index (Phi) is 7.68. The molecule has 2 fully saturated rings. The number of likely N-dealkylation sites (tertiary alicyclic amines) is 2. The zero-order valence-corrected chi connectivity index (χ0v) is 17.0. The van der Waals surface area contributed by atoms with E-state index in [1.807, 2.05) is 28.0 Å². The normalized spacial score (nSPS) is 23.2. The summed E-state index contributed by atoms with van der Waals surface area (Å²) in [6, 6.07) is 10.1. The number of halogens is 1. The summed E-state index contributed by atoms with van der Waals surface area (Å²) in [4.78, 5) is 29.1. The Balaban J connectivity index is 0.00000261. The molecule has 0 aromatic heterocycles. The number of benzene rings is 1. The highest BCUT2D eigenvalue weighted by Crippen LogP contribution is 2.31. The molecule has 6 heteroatoms. The molecule has 2 aliphatic heterocycles. The molecule has 5 nitrogen and oxygen atoms in total. The Bertz CT molecular complexity index is 632. The largest absolute Gasteiger partial charge is 0.343 e. The fraction of sp³-hybridized carbons (Fsp3) is 0.619. The van der Waals surface area contributed by atoms with Gasteiger partial charge >= 0.3 is 0 Å². The summed E-state index contributed by atoms with van der Waals surface area (Å²) in [5.74, 6) is 0.531. The highest BCUT2D eigenvalue weighted by molar-refractivity contribution is 5.85. The fourth-order valence-electron chi connectivity index (χ4n) is 4.07. The number of carbonyl (C=O) groups excluding carboxylic acids is 2. The average Bonchev–Trinajstić information content (AvgIpc) is 3.09. The van der Waals surface area contributed by atoms with Gasteiger partial charge in [-0.3, -0.25) is 9.59 Å². The second-order valence-corrected chi connectivity index (χ2v) is 8.17. The highest BCUT2D eigenvalue weighted by Gasteiger charge is 2.38. The van der Waals surface area contributed by atoms with Crippen LogP contribution in [-0.4, -0.2) is 54.3 Å². The van der Waals surface area contributed by atoms with Crippen molar-refractivity contribution in [2.24, 2.45) is 17.1 Å². The molecular weight excluding hydrogens is 362 g/mol. The van der Waals surface area contributed by atoms with Gasteiger partial charge in [-0.25, -0.2) is 0 Å². The van der Waals surface area contributed by atoms with Gasteiger partial charge in [-0.05, 0) is 43.2 Å². The predicted molar refractivity (Wildman–Crippen MR) is 110 cm³/mol. The summed E-state index contributed by atoms with van der Waals surface area (Å²) in [6.45, 7) is 5.79. The molecule has 2 aliphatic rings. The summed E-state index contributed by atoms with van der Waals surface area (Å²) >= 11 is 0. The molecule has 2 saturated heterocycles. The number of aryl methyl sites for hydroxylation is 1. The summed E-state index contributed by atoms with van der Waals surface area (Å²) in [5.41, 5.74) is 7.12. The van der Waals surface area contributed by atoms with E-state index in [9.17, 15) is 9.59 Å². The van der Waals surface area contributed by atoms with Gasteiger partial charge in [-0.1, -0.05) is 37.3 Å². The number of hydrogen-bond donors (Lipinski definition) is 1. The third-order valence-electron chi connectivity index (χ3n) is 6.03. The van der Waals surface area contributed by atoms with Crippen LogP contribution in [0.5, 0.6) is 0 Å². The smallest absolute Gasteiger partial charge is 0.225 e. The van der Waals surface area contributed by atoms with Crippen LogP contribution >= 0.6 is 12.4 Å². The molecule has 0 saturated carbocycles. The van der Waals surface area contributed by atoms with Crippen molar-refractivity contribution in [1.29, 1.82) is 0 Å². The zero-order valence-electron chi connectivity index (χ0n) is 16.2. The molecule has 0 spiro atoms. The maximum absolute atomic E-state index is 12.8. The Morgan fingerprint density at radius 1 is 1.11 bits per heavy atom. The molecule has 0 bridgehead atoms. The van der Waals surface area contributed by atoms with Crippen molar-refractivity contribution in [2.45, 2.75) is 39.0 Å². The summed E-state index contributed by atoms with van der Waals surface area (Å²) in [7, 11) is 0. The number of hydrogen-bond acceptors (Lipinski definition) is 3. The zero-order chi connectivity index (χ0) is 18.6. The Hall–Kier alpha value is -1.59. The van der Waals surface area contributed by atoms with E-state index in [0.717, 1.165) is 38.8 Å². The molecule has 150 valence electrons. The van der Waals surface area contributed by atoms with Gasteiger partial charge in [0.15, 0.2) is 0 Å². The van der Waals surface area contributed by atoms with E-state index in [1.54, 1.807) is 0 Å². The van der Waals surface area contributed by atoms with Gasteiger partial charge in [0.1, 0.15) is 0 Å². The molecule has 2 N–H and O–H groups in total. The highest BCUT2D eigenvalue weighted by atomic mass is 35.5. The molecule has 27 heavy (non-hydrogen) atoms. The first-order valence-electron chi connectivity index (χ1n) is 9.81. The monoisotopic (exact) mass is 393 g/mol. The van der Waals surface area contributed by atoms with Crippen LogP contribution in [0.2, 0.25) is 0 Å². The molecular formula is C21H32ClN3O2. The van der Waals surface area contributed by atoms with Gasteiger partial charge in [0.2, 0.25) is 11.8 Å². The van der Waals surface area contributed by atoms with Crippen LogP contribution in [0.15, 0.2) is 30.3 Å². The molecule has 1 unspecified atom stereocenters. The second kappa shape index (κ2) is 9.56. The Labute approximate surface area is 168 Å². The number of nitrogens with two attached hydrogens (primary N) is 1. The van der Waals surface area contributed by atoms with E-state index in [2.05, 4.69) is 19.1 Å². The lowest BCUT2D eigenvalue weighted by Crippen LogP contribution is -2.44. The number of nitrogens with zero attached hydrogens (tertiary/aromatic N) is 2. The first-order valence-corrected chi connectivity index (χ1v) is 9.81. The van der Waals surface area contributed by atoms with Crippen LogP contribution in [0.3, 0.4) is 0 Å². The standard InChI is InChI=1S/C21H31N3O2.ClH/c1-21(15-22)11-14-24(16-21)20(26)18-9-12-23(13-10-18)19(25)8-7-17-5-3-2-4-6-17;/h2-6,18H,7-16,22H2,1H3;1H. The Morgan fingerprint density at radius 3 is 2.37 bits per heavy atom. The van der Waals surface area contributed by atoms with Crippen molar-refractivity contribution >= 4 is 24.2 Å². The predicted octanol–water partition coefficient (Wildman–Crippen LogP) is 2.48. The molecule has 0 aliphatic carbocycles. The molecule has 0 radical (unpaired) electrons. The van der Waals surface area contributed by atoms with E-state index >= 15 is 0 Å². The van der Waals surface area contributed by atoms with Crippen molar-refractivity contribution in [3.8, 4) is 0 Å². The van der Waals surface area contributed by atoms with Crippen molar-refractivity contribution < 1.29 is 9.59 Å². The van der Waals surface area contributed by atoms with Crippen LogP contribution in [0.4, 0.5) is 0 Å². The third kappa shape index (κ3) is 5.45. The van der Waals surface area contributed by atoms with Gasteiger partial charge < -0.3 is 15.5 Å². The summed E-state index contributed by atoms with van der Waals surface area (Å²) in [5, 5.41) is 0. The van der Waals surface area contributed by atoms with Crippen molar-refractivity contribution in [1.82, 2.24) is 9.80 Å². The quantitative estimate of drug-likeness (QED) is 0.835. The van der Waals surface area contributed by atoms with Crippen LogP contribution in [-0.2, 0) is 16.0 Å². The van der Waals surface area contributed by atoms with E-state index in [0.29, 0.717) is 26.1 Å². The number of piperidine rings is 1. The SMILES string of the molecule is CC1(CN)CCN(C(=O)C2CCN(C(=O)CCc3ccccc3)CC2)C1.Cl. The lowest BCUT2D eigenvalue weighted by atomic mass is 9.90. The van der Waals surface area contributed by atoms with Crippen LogP contribution < -0.4 is 5.73 Å². The van der Waals surface area contributed by atoms with Crippen molar-refractivity contribution in [2.75, 3.05) is 32.7 Å². The number of carbonyl (C=O) groups is 2. The second-order valence-electron chi connectivity index (χ2n) is 8.17. The molecule has 1 aromatic rings. The van der Waals surface area contributed by atoms with E-state index in [1.165, 1.54) is 5.56 Å². The summed E-state index contributed by atoms with van der Waals surface area (Å²) in [6.07, 6.45) is 3.89. The minimum absolute atomic E-state index is 0. The van der Waals surface area contributed by atoms with E-state index in [4.69, 9.17) is 5.73 Å². The van der Waals surface area contributed by atoms with Crippen LogP contribution in [0.25, 0.3) is 0 Å². The first-order chi connectivity index (χ1) is 12.5. The number of rotatable bonds is 5. The van der Waals surface area contributed by atoms with Gasteiger partial charge in [0.05, 0.1) is 0 Å². The Morgan fingerprint density at radius 2 is 1.78 bits per heavy atom. The fourth-order valence-corrected chi connectivity index (χ4v) is 4.07. The van der Waals surface area contributed by atoms with Crippen LogP contribution in [0, 0.1) is 11.3 Å². The molecule has 2 amide bonds. The average molecular weight is 394 g/mol. The van der Waals surface area contributed by atoms with Gasteiger partial charge in [-0.15, -0.1) is 12.4 Å². The van der Waals surface area contributed by atoms with Crippen molar-refractivity contribution in [3.05, 3.63) is 35.9 Å².